The van der Waals surface area contributed by atoms with E-state index in [1.54, 1.807) is 0 Å². The molecule has 2 rings (SSSR count). The number of halogens is 1. The molecule has 1 N–H and O–H groups in total. The normalized spacial score (nSPS) is 21.0. The molecule has 1 unspecified atom stereocenters. The van der Waals surface area contributed by atoms with Gasteiger partial charge in [-0.05, 0) is 26.4 Å². The fourth-order valence-electron chi connectivity index (χ4n) is 2.32. The summed E-state index contributed by atoms with van der Waals surface area (Å²) in [5.41, 5.74) is 1.30. The molecule has 0 radical (unpaired) electrons. The first-order valence-electron chi connectivity index (χ1n) is 5.65. The van der Waals surface area contributed by atoms with Gasteiger partial charge in [-0.3, -0.25) is 4.90 Å². The summed E-state index contributed by atoms with van der Waals surface area (Å²) in [6.45, 7) is 3.35. The molecule has 1 atom stereocenters. The summed E-state index contributed by atoms with van der Waals surface area (Å²) in [5.74, 6) is 0. The maximum Gasteiger partial charge on any atom is 0.0945 e. The highest BCUT2D eigenvalue weighted by atomic mass is 35.5. The quantitative estimate of drug-likeness (QED) is 0.859. The van der Waals surface area contributed by atoms with Crippen molar-refractivity contribution in [3.8, 4) is 0 Å². The van der Waals surface area contributed by atoms with Gasteiger partial charge in [-0.1, -0.05) is 0 Å². The van der Waals surface area contributed by atoms with E-state index in [2.05, 4.69) is 26.8 Å². The van der Waals surface area contributed by atoms with E-state index in [-0.39, 0.29) is 12.4 Å². The third kappa shape index (κ3) is 2.97. The molecule has 1 saturated heterocycles. The number of hydrogen-bond acceptors (Lipinski definition) is 3. The molecule has 1 aliphatic heterocycles. The van der Waals surface area contributed by atoms with Crippen LogP contribution in [0.3, 0.4) is 0 Å². The van der Waals surface area contributed by atoms with Gasteiger partial charge in [-0.15, -0.1) is 12.4 Å². The molecule has 1 aromatic rings. The van der Waals surface area contributed by atoms with Crippen LogP contribution in [0, 0.1) is 0 Å². The van der Waals surface area contributed by atoms with Crippen LogP contribution in [0.2, 0.25) is 0 Å². The third-order valence-electron chi connectivity index (χ3n) is 3.22. The second kappa shape index (κ2) is 6.23. The molecule has 1 aliphatic rings. The van der Waals surface area contributed by atoms with Crippen LogP contribution in [0.5, 0.6) is 0 Å². The van der Waals surface area contributed by atoms with Crippen LogP contribution in [0.15, 0.2) is 12.5 Å². The number of aryl methyl sites for hydroxylation is 1. The van der Waals surface area contributed by atoms with E-state index in [0.717, 1.165) is 13.1 Å². The molecular weight excluding hydrogens is 224 g/mol. The van der Waals surface area contributed by atoms with Crippen LogP contribution in [0.1, 0.15) is 18.5 Å². The number of imidazole rings is 1. The molecule has 1 fully saturated rings. The second-order valence-corrected chi connectivity index (χ2v) is 4.32. The van der Waals surface area contributed by atoms with Crippen LogP contribution < -0.4 is 5.32 Å². The molecule has 0 aliphatic carbocycles. The van der Waals surface area contributed by atoms with Gasteiger partial charge in [0, 0.05) is 32.4 Å². The van der Waals surface area contributed by atoms with E-state index in [1.807, 2.05) is 19.6 Å². The van der Waals surface area contributed by atoms with Crippen molar-refractivity contribution in [2.75, 3.05) is 20.1 Å². The van der Waals surface area contributed by atoms with Crippen molar-refractivity contribution in [2.45, 2.75) is 25.4 Å². The molecule has 5 heteroatoms. The van der Waals surface area contributed by atoms with Gasteiger partial charge in [0.2, 0.25) is 0 Å². The molecule has 1 aromatic heterocycles. The van der Waals surface area contributed by atoms with Crippen molar-refractivity contribution in [3.63, 3.8) is 0 Å². The average Bonchev–Trinajstić information content (AvgIpc) is 2.80. The zero-order chi connectivity index (χ0) is 10.7. The van der Waals surface area contributed by atoms with E-state index in [1.165, 1.54) is 25.1 Å². The molecule has 0 spiro atoms. The van der Waals surface area contributed by atoms with E-state index in [0.29, 0.717) is 6.04 Å². The van der Waals surface area contributed by atoms with Gasteiger partial charge in [-0.2, -0.15) is 0 Å². The van der Waals surface area contributed by atoms with Gasteiger partial charge in [0.05, 0.1) is 12.0 Å². The van der Waals surface area contributed by atoms with E-state index >= 15 is 0 Å². The molecule has 0 bridgehead atoms. The summed E-state index contributed by atoms with van der Waals surface area (Å²) in [6.07, 6.45) is 6.48. The molecule has 16 heavy (non-hydrogen) atoms. The van der Waals surface area contributed by atoms with Crippen LogP contribution in [0.4, 0.5) is 0 Å². The minimum Gasteiger partial charge on any atom is -0.337 e. The lowest BCUT2D eigenvalue weighted by molar-refractivity contribution is 0.237. The Morgan fingerprint density at radius 1 is 1.56 bits per heavy atom. The third-order valence-corrected chi connectivity index (χ3v) is 3.22. The maximum absolute atomic E-state index is 4.16. The maximum atomic E-state index is 4.16. The Morgan fingerprint density at radius 2 is 2.38 bits per heavy atom. The van der Waals surface area contributed by atoms with Gasteiger partial charge >= 0.3 is 0 Å². The lowest BCUT2D eigenvalue weighted by atomic mass is 10.2. The predicted octanol–water partition coefficient (Wildman–Crippen LogP) is 1.03. The van der Waals surface area contributed by atoms with Gasteiger partial charge in [0.1, 0.15) is 0 Å². The molecule has 92 valence electrons. The number of rotatable bonds is 4. The molecule has 0 saturated carbocycles. The molecular formula is C11H21ClN4. The fraction of sp³-hybridized carbons (Fsp3) is 0.727. The Bertz CT molecular complexity index is 313. The largest absolute Gasteiger partial charge is 0.337 e. The number of likely N-dealkylation sites (N-methyl/N-ethyl adjacent to an activating group) is 1. The summed E-state index contributed by atoms with van der Waals surface area (Å²) in [5, 5.41) is 3.27. The number of hydrogen-bond donors (Lipinski definition) is 1. The molecule has 0 aromatic carbocycles. The standard InChI is InChI=1S/C11H20N4.ClH/c1-12-6-10-4-3-5-15(10)8-11-7-13-9-14(11)2;/h7,9-10,12H,3-6,8H2,1-2H3;1H. The van der Waals surface area contributed by atoms with Crippen molar-refractivity contribution >= 4 is 12.4 Å². The van der Waals surface area contributed by atoms with Gasteiger partial charge in [-0.25, -0.2) is 4.98 Å². The van der Waals surface area contributed by atoms with E-state index in [9.17, 15) is 0 Å². The van der Waals surface area contributed by atoms with E-state index in [4.69, 9.17) is 0 Å². The summed E-state index contributed by atoms with van der Waals surface area (Å²) in [4.78, 5) is 6.70. The number of aromatic nitrogens is 2. The van der Waals surface area contributed by atoms with Crippen LogP contribution >= 0.6 is 12.4 Å². The Morgan fingerprint density at radius 3 is 3.00 bits per heavy atom. The number of nitrogens with one attached hydrogen (secondary N) is 1. The lowest BCUT2D eigenvalue weighted by Crippen LogP contribution is -2.36. The predicted molar refractivity (Wildman–Crippen MR) is 67.8 cm³/mol. The van der Waals surface area contributed by atoms with Gasteiger partial charge < -0.3 is 9.88 Å². The first-order valence-corrected chi connectivity index (χ1v) is 5.65. The van der Waals surface area contributed by atoms with Crippen LogP contribution in [-0.4, -0.2) is 40.6 Å². The van der Waals surface area contributed by atoms with Gasteiger partial charge in [0.15, 0.2) is 0 Å². The SMILES string of the molecule is CNCC1CCCN1Cc1cncn1C.Cl. The highest BCUT2D eigenvalue weighted by Gasteiger charge is 2.24. The van der Waals surface area contributed by atoms with Crippen molar-refractivity contribution < 1.29 is 0 Å². The molecule has 0 amide bonds. The first kappa shape index (κ1) is 13.5. The highest BCUT2D eigenvalue weighted by molar-refractivity contribution is 5.85. The zero-order valence-electron chi connectivity index (χ0n) is 10.0. The van der Waals surface area contributed by atoms with Crippen molar-refractivity contribution in [1.82, 2.24) is 19.8 Å². The summed E-state index contributed by atoms with van der Waals surface area (Å²) in [7, 11) is 4.09. The topological polar surface area (TPSA) is 33.1 Å². The Labute approximate surface area is 103 Å². The summed E-state index contributed by atoms with van der Waals surface area (Å²) < 4.78 is 2.11. The number of likely N-dealkylation sites (tertiary alicyclic amines) is 1. The monoisotopic (exact) mass is 244 g/mol. The Kier molecular flexibility index (Phi) is 5.25. The Balaban J connectivity index is 0.00000128. The average molecular weight is 245 g/mol. The van der Waals surface area contributed by atoms with E-state index < -0.39 is 0 Å². The summed E-state index contributed by atoms with van der Waals surface area (Å²) in [6, 6.07) is 0.699. The van der Waals surface area contributed by atoms with Gasteiger partial charge in [0.25, 0.3) is 0 Å². The molecule has 4 nitrogen and oxygen atoms in total. The van der Waals surface area contributed by atoms with Crippen molar-refractivity contribution in [1.29, 1.82) is 0 Å². The minimum atomic E-state index is 0. The molecule has 2 heterocycles. The first-order chi connectivity index (χ1) is 7.31. The highest BCUT2D eigenvalue weighted by Crippen LogP contribution is 2.18. The Hall–Kier alpha value is -0.580. The minimum absolute atomic E-state index is 0. The van der Waals surface area contributed by atoms with Crippen molar-refractivity contribution in [3.05, 3.63) is 18.2 Å². The van der Waals surface area contributed by atoms with Crippen molar-refractivity contribution in [2.24, 2.45) is 7.05 Å². The zero-order valence-corrected chi connectivity index (χ0v) is 10.8. The second-order valence-electron chi connectivity index (χ2n) is 4.32. The fourth-order valence-corrected chi connectivity index (χ4v) is 2.32. The summed E-state index contributed by atoms with van der Waals surface area (Å²) >= 11 is 0. The lowest BCUT2D eigenvalue weighted by Gasteiger charge is -2.24. The number of nitrogens with zero attached hydrogens (tertiary/aromatic N) is 3. The van der Waals surface area contributed by atoms with Crippen LogP contribution in [0.25, 0.3) is 0 Å². The van der Waals surface area contributed by atoms with Crippen LogP contribution in [-0.2, 0) is 13.6 Å². The smallest absolute Gasteiger partial charge is 0.0945 e.